The van der Waals surface area contributed by atoms with Gasteiger partial charge in [0.1, 0.15) is 6.61 Å². The van der Waals surface area contributed by atoms with Crippen LogP contribution in [0.1, 0.15) is 57.6 Å². The lowest BCUT2D eigenvalue weighted by atomic mass is 10.0. The van der Waals surface area contributed by atoms with Crippen molar-refractivity contribution in [3.8, 4) is 22.5 Å². The van der Waals surface area contributed by atoms with Crippen molar-refractivity contribution in [1.29, 1.82) is 0 Å². The van der Waals surface area contributed by atoms with Crippen molar-refractivity contribution >= 4 is 0 Å². The molecule has 1 atom stereocenters. The van der Waals surface area contributed by atoms with Crippen LogP contribution in [0.4, 0.5) is 0 Å². The normalized spacial score (nSPS) is 19.6. The molecule has 174 valence electrons. The van der Waals surface area contributed by atoms with Crippen LogP contribution in [0, 0.1) is 0 Å². The van der Waals surface area contributed by atoms with Gasteiger partial charge in [0.2, 0.25) is 5.79 Å². The molecule has 0 amide bonds. The van der Waals surface area contributed by atoms with E-state index in [-0.39, 0.29) is 0 Å². The SMILES string of the molecule is CCCCCCc1ccc(-c2cnc(-c3ccc([C@@]4(OC)COC(C)(C)O4)cc3)nc2)cc1. The van der Waals surface area contributed by atoms with Crippen LogP contribution >= 0.6 is 0 Å². The van der Waals surface area contributed by atoms with Gasteiger partial charge in [0.25, 0.3) is 0 Å². The van der Waals surface area contributed by atoms with Crippen LogP contribution in [0.15, 0.2) is 60.9 Å². The molecular weight excluding hydrogens is 412 g/mol. The molecule has 1 aliphatic heterocycles. The summed E-state index contributed by atoms with van der Waals surface area (Å²) >= 11 is 0. The van der Waals surface area contributed by atoms with E-state index in [1.165, 1.54) is 31.2 Å². The summed E-state index contributed by atoms with van der Waals surface area (Å²) in [6.07, 6.45) is 10.1. The average molecular weight is 447 g/mol. The molecule has 5 nitrogen and oxygen atoms in total. The van der Waals surface area contributed by atoms with E-state index in [0.29, 0.717) is 12.4 Å². The maximum atomic E-state index is 6.05. The molecule has 4 rings (SSSR count). The molecule has 0 N–H and O–H groups in total. The lowest BCUT2D eigenvalue weighted by Crippen LogP contribution is -2.33. The third-order valence-electron chi connectivity index (χ3n) is 6.19. The Morgan fingerprint density at radius 3 is 2.09 bits per heavy atom. The monoisotopic (exact) mass is 446 g/mol. The first kappa shape index (κ1) is 23.6. The second-order valence-electron chi connectivity index (χ2n) is 9.13. The van der Waals surface area contributed by atoms with Crippen LogP contribution < -0.4 is 0 Å². The van der Waals surface area contributed by atoms with Gasteiger partial charge in [-0.2, -0.15) is 0 Å². The molecular formula is C28H34N2O3. The molecule has 0 radical (unpaired) electrons. The quantitative estimate of drug-likeness (QED) is 0.350. The van der Waals surface area contributed by atoms with Crippen molar-refractivity contribution in [2.75, 3.05) is 13.7 Å². The molecule has 1 aromatic heterocycles. The molecule has 2 heterocycles. The van der Waals surface area contributed by atoms with Gasteiger partial charge in [0, 0.05) is 36.2 Å². The lowest BCUT2D eigenvalue weighted by molar-refractivity contribution is -0.249. The van der Waals surface area contributed by atoms with E-state index in [0.717, 1.165) is 28.7 Å². The fourth-order valence-electron chi connectivity index (χ4n) is 4.20. The highest BCUT2D eigenvalue weighted by Crippen LogP contribution is 2.39. The molecule has 1 aliphatic rings. The Hall–Kier alpha value is -2.60. The minimum absolute atomic E-state index is 0.346. The van der Waals surface area contributed by atoms with Crippen LogP contribution in [0.25, 0.3) is 22.5 Å². The number of hydrogen-bond acceptors (Lipinski definition) is 5. The summed E-state index contributed by atoms with van der Waals surface area (Å²) < 4.78 is 17.5. The van der Waals surface area contributed by atoms with Crippen molar-refractivity contribution < 1.29 is 14.2 Å². The van der Waals surface area contributed by atoms with Gasteiger partial charge in [-0.1, -0.05) is 74.7 Å². The van der Waals surface area contributed by atoms with E-state index in [1.807, 2.05) is 50.5 Å². The molecule has 0 unspecified atom stereocenters. The number of rotatable bonds is 9. The predicted octanol–water partition coefficient (Wildman–Crippen LogP) is 6.52. The molecule has 3 aromatic rings. The Morgan fingerprint density at radius 1 is 0.848 bits per heavy atom. The van der Waals surface area contributed by atoms with E-state index >= 15 is 0 Å². The average Bonchev–Trinajstić information content (AvgIpc) is 3.18. The zero-order chi connectivity index (χ0) is 23.3. The maximum Gasteiger partial charge on any atom is 0.221 e. The molecule has 5 heteroatoms. The zero-order valence-corrected chi connectivity index (χ0v) is 20.1. The van der Waals surface area contributed by atoms with Crippen molar-refractivity contribution in [2.24, 2.45) is 0 Å². The highest BCUT2D eigenvalue weighted by Gasteiger charge is 2.47. The Kier molecular flexibility index (Phi) is 7.23. The van der Waals surface area contributed by atoms with Gasteiger partial charge in [0.15, 0.2) is 11.6 Å². The van der Waals surface area contributed by atoms with Crippen LogP contribution in [0.5, 0.6) is 0 Å². The molecule has 1 saturated heterocycles. The fraction of sp³-hybridized carbons (Fsp3) is 0.429. The number of nitrogens with zero attached hydrogens (tertiary/aromatic N) is 2. The number of ether oxygens (including phenoxy) is 3. The van der Waals surface area contributed by atoms with Gasteiger partial charge in [-0.25, -0.2) is 9.97 Å². The molecule has 0 aliphatic carbocycles. The standard InChI is InChI=1S/C28H34N2O3/c1-5-6-7-8-9-21-10-12-22(13-11-21)24-18-29-26(30-19-24)23-14-16-25(17-15-23)28(31-4)20-32-27(2,3)33-28/h10-19H,5-9,20H2,1-4H3/t28-/m1/s1. The summed E-state index contributed by atoms with van der Waals surface area (Å²) in [4.78, 5) is 9.21. The van der Waals surface area contributed by atoms with E-state index < -0.39 is 11.6 Å². The fourth-order valence-corrected chi connectivity index (χ4v) is 4.20. The lowest BCUT2D eigenvalue weighted by Gasteiger charge is -2.28. The number of aryl methyl sites for hydroxylation is 1. The molecule has 0 spiro atoms. The Bertz CT molecular complexity index is 1030. The highest BCUT2D eigenvalue weighted by atomic mass is 16.8. The van der Waals surface area contributed by atoms with Crippen molar-refractivity contribution in [1.82, 2.24) is 9.97 Å². The molecule has 0 bridgehead atoms. The first-order valence-electron chi connectivity index (χ1n) is 11.9. The first-order valence-corrected chi connectivity index (χ1v) is 11.9. The van der Waals surface area contributed by atoms with Crippen LogP contribution in [0.2, 0.25) is 0 Å². The smallest absolute Gasteiger partial charge is 0.221 e. The van der Waals surface area contributed by atoms with E-state index in [2.05, 4.69) is 41.2 Å². The predicted molar refractivity (Wildman–Crippen MR) is 131 cm³/mol. The second kappa shape index (κ2) is 10.1. The summed E-state index contributed by atoms with van der Waals surface area (Å²) in [5, 5.41) is 0. The molecule has 1 fully saturated rings. The summed E-state index contributed by atoms with van der Waals surface area (Å²) in [6.45, 7) is 6.37. The number of unbranched alkanes of at least 4 members (excludes halogenated alkanes) is 3. The summed E-state index contributed by atoms with van der Waals surface area (Å²) in [6, 6.07) is 16.7. The minimum atomic E-state index is -0.894. The van der Waals surface area contributed by atoms with Crippen LogP contribution in [-0.4, -0.2) is 29.5 Å². The second-order valence-corrected chi connectivity index (χ2v) is 9.13. The Labute approximate surface area is 197 Å². The van der Waals surface area contributed by atoms with E-state index in [1.54, 1.807) is 7.11 Å². The summed E-state index contributed by atoms with van der Waals surface area (Å²) in [7, 11) is 1.64. The Balaban J connectivity index is 1.43. The van der Waals surface area contributed by atoms with Gasteiger partial charge < -0.3 is 14.2 Å². The van der Waals surface area contributed by atoms with Crippen LogP contribution in [-0.2, 0) is 26.4 Å². The van der Waals surface area contributed by atoms with Gasteiger partial charge in [-0.05, 0) is 37.8 Å². The molecule has 33 heavy (non-hydrogen) atoms. The number of aromatic nitrogens is 2. The summed E-state index contributed by atoms with van der Waals surface area (Å²) in [5.41, 5.74) is 5.39. The van der Waals surface area contributed by atoms with Gasteiger partial charge in [-0.15, -0.1) is 0 Å². The maximum absolute atomic E-state index is 6.05. The third-order valence-corrected chi connectivity index (χ3v) is 6.19. The van der Waals surface area contributed by atoms with Gasteiger partial charge >= 0.3 is 0 Å². The Morgan fingerprint density at radius 2 is 1.52 bits per heavy atom. The number of methoxy groups -OCH3 is 1. The number of benzene rings is 2. The molecule has 2 aromatic carbocycles. The molecule has 0 saturated carbocycles. The van der Waals surface area contributed by atoms with Gasteiger partial charge in [0.05, 0.1) is 0 Å². The van der Waals surface area contributed by atoms with E-state index in [9.17, 15) is 0 Å². The van der Waals surface area contributed by atoms with Crippen molar-refractivity contribution in [3.05, 3.63) is 72.1 Å². The summed E-state index contributed by atoms with van der Waals surface area (Å²) in [5.74, 6) is -0.885. The zero-order valence-electron chi connectivity index (χ0n) is 20.1. The topological polar surface area (TPSA) is 53.5 Å². The number of hydrogen-bond donors (Lipinski definition) is 0. The van der Waals surface area contributed by atoms with E-state index in [4.69, 9.17) is 14.2 Å². The third kappa shape index (κ3) is 5.49. The van der Waals surface area contributed by atoms with Gasteiger partial charge in [-0.3, -0.25) is 0 Å². The largest absolute Gasteiger partial charge is 0.347 e. The highest BCUT2D eigenvalue weighted by molar-refractivity contribution is 5.64. The van der Waals surface area contributed by atoms with Crippen molar-refractivity contribution in [2.45, 2.75) is 64.4 Å². The minimum Gasteiger partial charge on any atom is -0.347 e. The van der Waals surface area contributed by atoms with Crippen LogP contribution in [0.3, 0.4) is 0 Å². The first-order chi connectivity index (χ1) is 15.9. The van der Waals surface area contributed by atoms with Crippen molar-refractivity contribution in [3.63, 3.8) is 0 Å².